The SMILES string of the molecule is CS(=O)(=O)c1ccc(C(=O)N2C[C@@H]3C(=O)NC[C@]3(C(=O)O)C2)cc1. The maximum Gasteiger partial charge on any atom is 0.314 e. The van der Waals surface area contributed by atoms with E-state index >= 15 is 0 Å². The monoisotopic (exact) mass is 352 g/mol. The fourth-order valence-electron chi connectivity index (χ4n) is 3.27. The van der Waals surface area contributed by atoms with Crippen molar-refractivity contribution in [2.24, 2.45) is 11.3 Å². The van der Waals surface area contributed by atoms with E-state index in [1.165, 1.54) is 29.2 Å². The van der Waals surface area contributed by atoms with E-state index in [9.17, 15) is 27.9 Å². The van der Waals surface area contributed by atoms with Crippen LogP contribution in [0.15, 0.2) is 29.2 Å². The predicted octanol–water partition coefficient (Wildman–Crippen LogP) is -0.637. The van der Waals surface area contributed by atoms with Crippen molar-refractivity contribution < 1.29 is 27.9 Å². The molecule has 1 aromatic carbocycles. The summed E-state index contributed by atoms with van der Waals surface area (Å²) in [7, 11) is -3.36. The number of benzene rings is 1. The van der Waals surface area contributed by atoms with Gasteiger partial charge in [0.15, 0.2) is 9.84 Å². The van der Waals surface area contributed by atoms with Crippen LogP contribution < -0.4 is 5.32 Å². The van der Waals surface area contributed by atoms with Crippen LogP contribution in [0.2, 0.25) is 0 Å². The predicted molar refractivity (Wildman–Crippen MR) is 82.0 cm³/mol. The topological polar surface area (TPSA) is 121 Å². The Balaban J connectivity index is 1.85. The molecule has 0 spiro atoms. The van der Waals surface area contributed by atoms with E-state index in [-0.39, 0.29) is 36.0 Å². The highest BCUT2D eigenvalue weighted by atomic mass is 32.2. The molecule has 3 rings (SSSR count). The van der Waals surface area contributed by atoms with Gasteiger partial charge < -0.3 is 15.3 Å². The molecular formula is C15H16N2O6S. The lowest BCUT2D eigenvalue weighted by atomic mass is 9.81. The molecule has 2 amide bonds. The van der Waals surface area contributed by atoms with E-state index in [0.29, 0.717) is 0 Å². The lowest BCUT2D eigenvalue weighted by Gasteiger charge is -2.22. The number of aliphatic carboxylic acids is 1. The third-order valence-corrected chi connectivity index (χ3v) is 5.81. The van der Waals surface area contributed by atoms with Crippen LogP contribution in [-0.4, -0.2) is 62.1 Å². The lowest BCUT2D eigenvalue weighted by Crippen LogP contribution is -2.41. The highest BCUT2D eigenvalue weighted by Gasteiger charge is 2.60. The van der Waals surface area contributed by atoms with Gasteiger partial charge in [0.05, 0.1) is 10.8 Å². The van der Waals surface area contributed by atoms with Crippen molar-refractivity contribution in [2.75, 3.05) is 25.9 Å². The number of hydrogen-bond donors (Lipinski definition) is 2. The molecule has 0 aliphatic carbocycles. The van der Waals surface area contributed by atoms with Gasteiger partial charge in [-0.05, 0) is 24.3 Å². The molecule has 2 heterocycles. The third-order valence-electron chi connectivity index (χ3n) is 4.68. The summed E-state index contributed by atoms with van der Waals surface area (Å²) in [6, 6.07) is 5.44. The van der Waals surface area contributed by atoms with Crippen molar-refractivity contribution in [3.8, 4) is 0 Å². The molecule has 8 nitrogen and oxygen atoms in total. The summed E-state index contributed by atoms with van der Waals surface area (Å²) in [5.74, 6) is -2.65. The summed E-state index contributed by atoms with van der Waals surface area (Å²) in [5.41, 5.74) is -1.04. The van der Waals surface area contributed by atoms with Crippen LogP contribution in [0.4, 0.5) is 0 Å². The first kappa shape index (κ1) is 16.4. The van der Waals surface area contributed by atoms with Gasteiger partial charge >= 0.3 is 5.97 Å². The van der Waals surface area contributed by atoms with Crippen molar-refractivity contribution in [1.29, 1.82) is 0 Å². The molecular weight excluding hydrogens is 336 g/mol. The Morgan fingerprint density at radius 1 is 1.29 bits per heavy atom. The Labute approximate surface area is 138 Å². The maximum atomic E-state index is 12.6. The number of hydrogen-bond acceptors (Lipinski definition) is 5. The van der Waals surface area contributed by atoms with Gasteiger partial charge in [0.1, 0.15) is 5.41 Å². The zero-order chi connectivity index (χ0) is 17.7. The average Bonchev–Trinajstić information content (AvgIpc) is 3.05. The van der Waals surface area contributed by atoms with Gasteiger partial charge in [-0.2, -0.15) is 0 Å². The Bertz CT molecular complexity index is 832. The van der Waals surface area contributed by atoms with Crippen molar-refractivity contribution in [1.82, 2.24) is 10.2 Å². The molecule has 2 saturated heterocycles. The molecule has 24 heavy (non-hydrogen) atoms. The molecule has 0 saturated carbocycles. The lowest BCUT2D eigenvalue weighted by molar-refractivity contribution is -0.149. The normalized spacial score (nSPS) is 26.1. The highest BCUT2D eigenvalue weighted by molar-refractivity contribution is 7.90. The highest BCUT2D eigenvalue weighted by Crippen LogP contribution is 2.40. The third kappa shape index (κ3) is 2.44. The fourth-order valence-corrected chi connectivity index (χ4v) is 3.90. The van der Waals surface area contributed by atoms with Gasteiger partial charge in [0.25, 0.3) is 5.91 Å². The summed E-state index contributed by atoms with van der Waals surface area (Å²) in [4.78, 5) is 37.5. The molecule has 0 unspecified atom stereocenters. The number of carbonyl (C=O) groups is 3. The number of carboxylic acids is 1. The Morgan fingerprint density at radius 2 is 1.92 bits per heavy atom. The van der Waals surface area contributed by atoms with Crippen molar-refractivity contribution in [3.05, 3.63) is 29.8 Å². The number of amides is 2. The van der Waals surface area contributed by atoms with E-state index in [1.807, 2.05) is 0 Å². The maximum absolute atomic E-state index is 12.6. The van der Waals surface area contributed by atoms with Gasteiger partial charge in [-0.15, -0.1) is 0 Å². The average molecular weight is 352 g/mol. The molecule has 2 N–H and O–H groups in total. The Kier molecular flexibility index (Phi) is 3.63. The van der Waals surface area contributed by atoms with Crippen molar-refractivity contribution in [3.63, 3.8) is 0 Å². The van der Waals surface area contributed by atoms with E-state index < -0.39 is 33.0 Å². The number of carboxylic acid groups (broad SMARTS) is 1. The van der Waals surface area contributed by atoms with Crippen molar-refractivity contribution >= 4 is 27.6 Å². The van der Waals surface area contributed by atoms with Gasteiger partial charge in [-0.3, -0.25) is 14.4 Å². The number of carbonyl (C=O) groups excluding carboxylic acids is 2. The molecule has 0 radical (unpaired) electrons. The number of sulfone groups is 1. The molecule has 0 bridgehead atoms. The minimum Gasteiger partial charge on any atom is -0.481 e. The zero-order valence-electron chi connectivity index (χ0n) is 12.9. The number of likely N-dealkylation sites (tertiary alicyclic amines) is 1. The Hall–Kier alpha value is -2.42. The summed E-state index contributed by atoms with van der Waals surface area (Å²) in [6.07, 6.45) is 1.07. The number of nitrogens with zero attached hydrogens (tertiary/aromatic N) is 1. The molecule has 2 atom stereocenters. The van der Waals surface area contributed by atoms with Gasteiger partial charge in [-0.25, -0.2) is 8.42 Å². The Morgan fingerprint density at radius 3 is 2.42 bits per heavy atom. The van der Waals surface area contributed by atoms with E-state index in [4.69, 9.17) is 0 Å². The summed E-state index contributed by atoms with van der Waals surface area (Å²) in [5, 5.41) is 12.0. The first-order valence-corrected chi connectivity index (χ1v) is 9.15. The molecule has 0 aromatic heterocycles. The van der Waals surface area contributed by atoms with Gasteiger partial charge in [0.2, 0.25) is 5.91 Å². The van der Waals surface area contributed by atoms with Crippen LogP contribution in [0.1, 0.15) is 10.4 Å². The fraction of sp³-hybridized carbons (Fsp3) is 0.400. The van der Waals surface area contributed by atoms with Crippen LogP contribution >= 0.6 is 0 Å². The minimum absolute atomic E-state index is 0.00261. The van der Waals surface area contributed by atoms with Crippen LogP contribution in [0.3, 0.4) is 0 Å². The van der Waals surface area contributed by atoms with Crippen LogP contribution in [-0.2, 0) is 19.4 Å². The molecule has 2 aliphatic heterocycles. The molecule has 2 fully saturated rings. The first-order valence-electron chi connectivity index (χ1n) is 7.26. The smallest absolute Gasteiger partial charge is 0.314 e. The second-order valence-electron chi connectivity index (χ2n) is 6.21. The molecule has 1 aromatic rings. The van der Waals surface area contributed by atoms with Crippen LogP contribution in [0, 0.1) is 11.3 Å². The number of nitrogens with one attached hydrogen (secondary N) is 1. The molecule has 2 aliphatic rings. The van der Waals surface area contributed by atoms with E-state index in [2.05, 4.69) is 5.32 Å². The van der Waals surface area contributed by atoms with E-state index in [0.717, 1.165) is 6.26 Å². The second kappa shape index (κ2) is 5.30. The van der Waals surface area contributed by atoms with Crippen LogP contribution in [0.5, 0.6) is 0 Å². The summed E-state index contributed by atoms with van der Waals surface area (Å²) >= 11 is 0. The summed E-state index contributed by atoms with van der Waals surface area (Å²) < 4.78 is 22.9. The number of rotatable bonds is 3. The van der Waals surface area contributed by atoms with E-state index in [1.54, 1.807) is 0 Å². The largest absolute Gasteiger partial charge is 0.481 e. The zero-order valence-corrected chi connectivity index (χ0v) is 13.7. The number of fused-ring (bicyclic) bond motifs is 1. The van der Waals surface area contributed by atoms with Crippen LogP contribution in [0.25, 0.3) is 0 Å². The standard InChI is InChI=1S/C15H16N2O6S/c1-24(22,23)10-4-2-9(3-5-10)13(19)17-6-11-12(18)16-7-15(11,8-17)14(20)21/h2-5,11H,6-8H2,1H3,(H,16,18)(H,20,21)/t11-,15+/m1/s1. The quantitative estimate of drug-likeness (QED) is 0.747. The van der Waals surface area contributed by atoms with Gasteiger partial charge in [0, 0.05) is 31.5 Å². The first-order chi connectivity index (χ1) is 11.1. The van der Waals surface area contributed by atoms with Crippen molar-refractivity contribution in [2.45, 2.75) is 4.90 Å². The van der Waals surface area contributed by atoms with Gasteiger partial charge in [-0.1, -0.05) is 0 Å². The molecule has 128 valence electrons. The summed E-state index contributed by atoms with van der Waals surface area (Å²) in [6.45, 7) is -0.0220. The molecule has 9 heteroatoms. The second-order valence-corrected chi connectivity index (χ2v) is 8.23. The minimum atomic E-state index is -3.36.